The highest BCUT2D eigenvalue weighted by molar-refractivity contribution is 7.92. The number of carbonyl (C=O) groups is 2. The normalized spacial score (nSPS) is 12.5. The Morgan fingerprint density at radius 2 is 1.58 bits per heavy atom. The highest BCUT2D eigenvalue weighted by atomic mass is 35.5. The largest absolute Gasteiger partial charge is 0.350 e. The SMILES string of the molecule is Cc1ccccc1N(CC(=O)N(Cc1cccc(Cl)c1)[C@H](C)C(=O)NC(C)(C)C)S(=O)(=O)c1ccccc1. The lowest BCUT2D eigenvalue weighted by atomic mass is 10.1. The first kappa shape index (κ1) is 29.2. The molecule has 202 valence electrons. The van der Waals surface area contributed by atoms with Crippen LogP contribution in [0.4, 0.5) is 5.69 Å². The molecular formula is C29H34ClN3O4S. The fourth-order valence-corrected chi connectivity index (χ4v) is 5.68. The molecule has 0 unspecified atom stereocenters. The van der Waals surface area contributed by atoms with Gasteiger partial charge in [0.25, 0.3) is 10.0 Å². The van der Waals surface area contributed by atoms with Gasteiger partial charge in [-0.2, -0.15) is 0 Å². The molecule has 0 heterocycles. The summed E-state index contributed by atoms with van der Waals surface area (Å²) in [5.74, 6) is -0.870. The van der Waals surface area contributed by atoms with E-state index in [1.54, 1.807) is 80.6 Å². The second-order valence-corrected chi connectivity index (χ2v) is 12.5. The van der Waals surface area contributed by atoms with E-state index < -0.39 is 34.1 Å². The van der Waals surface area contributed by atoms with Crippen LogP contribution in [0.1, 0.15) is 38.8 Å². The van der Waals surface area contributed by atoms with Crippen molar-refractivity contribution in [1.82, 2.24) is 10.2 Å². The van der Waals surface area contributed by atoms with E-state index in [9.17, 15) is 18.0 Å². The van der Waals surface area contributed by atoms with Crippen molar-refractivity contribution in [2.24, 2.45) is 0 Å². The number of rotatable bonds is 9. The fourth-order valence-electron chi connectivity index (χ4n) is 3.96. The Bertz CT molecular complexity index is 1390. The first-order valence-electron chi connectivity index (χ1n) is 12.3. The van der Waals surface area contributed by atoms with Gasteiger partial charge in [0.1, 0.15) is 12.6 Å². The Balaban J connectivity index is 2.04. The van der Waals surface area contributed by atoms with E-state index in [2.05, 4.69) is 5.32 Å². The number of carbonyl (C=O) groups excluding carboxylic acids is 2. The zero-order valence-corrected chi connectivity index (χ0v) is 23.9. The number of para-hydroxylation sites is 1. The summed E-state index contributed by atoms with van der Waals surface area (Å²) in [5.41, 5.74) is 1.29. The number of hydrogen-bond acceptors (Lipinski definition) is 4. The highest BCUT2D eigenvalue weighted by Gasteiger charge is 2.33. The Labute approximate surface area is 230 Å². The van der Waals surface area contributed by atoms with Gasteiger partial charge in [0.15, 0.2) is 0 Å². The summed E-state index contributed by atoms with van der Waals surface area (Å²) in [7, 11) is -4.10. The Kier molecular flexibility index (Phi) is 9.22. The average Bonchev–Trinajstić information content (AvgIpc) is 2.85. The maximum atomic E-state index is 13.9. The molecule has 1 N–H and O–H groups in total. The quantitative estimate of drug-likeness (QED) is 0.394. The molecule has 0 bridgehead atoms. The maximum Gasteiger partial charge on any atom is 0.264 e. The summed E-state index contributed by atoms with van der Waals surface area (Å²) in [6, 6.07) is 21.1. The van der Waals surface area contributed by atoms with Crippen LogP contribution in [0.2, 0.25) is 5.02 Å². The number of benzene rings is 3. The van der Waals surface area contributed by atoms with Crippen molar-refractivity contribution in [2.45, 2.75) is 57.6 Å². The van der Waals surface area contributed by atoms with Gasteiger partial charge in [0.2, 0.25) is 11.8 Å². The number of halogens is 1. The number of hydrogen-bond donors (Lipinski definition) is 1. The van der Waals surface area contributed by atoms with Crippen LogP contribution in [-0.2, 0) is 26.2 Å². The molecule has 0 aliphatic rings. The molecule has 3 rings (SSSR count). The third-order valence-corrected chi connectivity index (χ3v) is 7.91. The molecule has 1 atom stereocenters. The van der Waals surface area contributed by atoms with Crippen LogP contribution in [-0.4, -0.2) is 43.3 Å². The number of sulfonamides is 1. The molecule has 38 heavy (non-hydrogen) atoms. The highest BCUT2D eigenvalue weighted by Crippen LogP contribution is 2.27. The van der Waals surface area contributed by atoms with Crippen molar-refractivity contribution in [3.8, 4) is 0 Å². The third kappa shape index (κ3) is 7.36. The molecule has 0 aromatic heterocycles. The van der Waals surface area contributed by atoms with E-state index in [0.29, 0.717) is 16.3 Å². The average molecular weight is 556 g/mol. The van der Waals surface area contributed by atoms with Crippen molar-refractivity contribution in [2.75, 3.05) is 10.8 Å². The summed E-state index contributed by atoms with van der Waals surface area (Å²) in [6.45, 7) is 8.57. The van der Waals surface area contributed by atoms with Crippen molar-refractivity contribution in [3.05, 3.63) is 95.0 Å². The number of aryl methyl sites for hydroxylation is 1. The summed E-state index contributed by atoms with van der Waals surface area (Å²) in [6.07, 6.45) is 0. The number of amides is 2. The number of nitrogens with one attached hydrogen (secondary N) is 1. The van der Waals surface area contributed by atoms with Gasteiger partial charge in [-0.05, 0) is 76.1 Å². The molecule has 2 amide bonds. The lowest BCUT2D eigenvalue weighted by Gasteiger charge is -2.33. The topological polar surface area (TPSA) is 86.8 Å². The van der Waals surface area contributed by atoms with Crippen molar-refractivity contribution in [1.29, 1.82) is 0 Å². The molecule has 0 aliphatic heterocycles. The molecule has 0 fully saturated rings. The van der Waals surface area contributed by atoms with Gasteiger partial charge in [-0.25, -0.2) is 8.42 Å². The van der Waals surface area contributed by atoms with Crippen LogP contribution in [0.5, 0.6) is 0 Å². The summed E-state index contributed by atoms with van der Waals surface area (Å²) < 4.78 is 28.7. The zero-order valence-electron chi connectivity index (χ0n) is 22.3. The molecule has 0 aliphatic carbocycles. The lowest BCUT2D eigenvalue weighted by molar-refractivity contribution is -0.140. The Hall–Kier alpha value is -3.36. The second-order valence-electron chi connectivity index (χ2n) is 10.2. The fraction of sp³-hybridized carbons (Fsp3) is 0.310. The van der Waals surface area contributed by atoms with Gasteiger partial charge in [0, 0.05) is 17.1 Å². The first-order valence-corrected chi connectivity index (χ1v) is 14.1. The molecule has 7 nitrogen and oxygen atoms in total. The minimum absolute atomic E-state index is 0.0657. The predicted molar refractivity (Wildman–Crippen MR) is 152 cm³/mol. The second kappa shape index (κ2) is 12.0. The molecular weight excluding hydrogens is 522 g/mol. The van der Waals surface area contributed by atoms with Crippen LogP contribution < -0.4 is 9.62 Å². The monoisotopic (exact) mass is 555 g/mol. The van der Waals surface area contributed by atoms with Crippen molar-refractivity contribution in [3.63, 3.8) is 0 Å². The number of anilines is 1. The lowest BCUT2D eigenvalue weighted by Crippen LogP contribution is -2.54. The standard InChI is InChI=1S/C29H34ClN3O4S/c1-21-12-9-10-17-26(21)33(38(36,37)25-15-7-6-8-16-25)20-27(34)32(19-23-13-11-14-24(30)18-23)22(2)28(35)31-29(3,4)5/h6-18,22H,19-20H2,1-5H3,(H,31,35)/t22-/m1/s1. The molecule has 0 spiro atoms. The summed E-state index contributed by atoms with van der Waals surface area (Å²) in [5, 5.41) is 3.41. The van der Waals surface area contributed by atoms with E-state index in [1.807, 2.05) is 20.8 Å². The summed E-state index contributed by atoms with van der Waals surface area (Å²) in [4.78, 5) is 28.5. The van der Waals surface area contributed by atoms with Crippen LogP contribution in [0.3, 0.4) is 0 Å². The molecule has 0 radical (unpaired) electrons. The first-order chi connectivity index (χ1) is 17.8. The van der Waals surface area contributed by atoms with E-state index in [0.717, 1.165) is 9.87 Å². The smallest absolute Gasteiger partial charge is 0.264 e. The molecule has 3 aromatic rings. The number of nitrogens with zero attached hydrogens (tertiary/aromatic N) is 2. The minimum atomic E-state index is -4.10. The predicted octanol–water partition coefficient (Wildman–Crippen LogP) is 5.18. The minimum Gasteiger partial charge on any atom is -0.350 e. The van der Waals surface area contributed by atoms with Crippen LogP contribution in [0.25, 0.3) is 0 Å². The van der Waals surface area contributed by atoms with Gasteiger partial charge >= 0.3 is 0 Å². The third-order valence-electron chi connectivity index (χ3n) is 5.90. The van der Waals surface area contributed by atoms with Gasteiger partial charge in [-0.15, -0.1) is 0 Å². The maximum absolute atomic E-state index is 13.9. The van der Waals surface area contributed by atoms with Gasteiger partial charge in [-0.3, -0.25) is 13.9 Å². The molecule has 3 aromatic carbocycles. The summed E-state index contributed by atoms with van der Waals surface area (Å²) >= 11 is 6.18. The van der Waals surface area contributed by atoms with E-state index in [1.165, 1.54) is 17.0 Å². The van der Waals surface area contributed by atoms with Gasteiger partial charge in [0.05, 0.1) is 10.6 Å². The Morgan fingerprint density at radius 3 is 2.18 bits per heavy atom. The zero-order chi connectivity index (χ0) is 28.1. The van der Waals surface area contributed by atoms with Crippen molar-refractivity contribution >= 4 is 39.1 Å². The van der Waals surface area contributed by atoms with Crippen LogP contribution >= 0.6 is 11.6 Å². The molecule has 0 saturated heterocycles. The Morgan fingerprint density at radius 1 is 0.947 bits per heavy atom. The van der Waals surface area contributed by atoms with E-state index in [-0.39, 0.29) is 17.3 Å². The molecule has 9 heteroatoms. The van der Waals surface area contributed by atoms with Crippen LogP contribution in [0.15, 0.2) is 83.8 Å². The van der Waals surface area contributed by atoms with Gasteiger partial charge in [-0.1, -0.05) is 60.1 Å². The van der Waals surface area contributed by atoms with Gasteiger partial charge < -0.3 is 10.2 Å². The molecule has 0 saturated carbocycles. The van der Waals surface area contributed by atoms with Crippen molar-refractivity contribution < 1.29 is 18.0 Å². The van der Waals surface area contributed by atoms with E-state index in [4.69, 9.17) is 11.6 Å². The van der Waals surface area contributed by atoms with Crippen LogP contribution in [0, 0.1) is 6.92 Å². The van der Waals surface area contributed by atoms with E-state index >= 15 is 0 Å².